The molecule has 0 aromatic rings. The number of ether oxygens (including phenoxy) is 1. The molecule has 1 unspecified atom stereocenters. The van der Waals surface area contributed by atoms with Crippen LogP contribution in [0.15, 0.2) is 11.6 Å². The maximum Gasteiger partial charge on any atom is 0.321 e. The third-order valence-electron chi connectivity index (χ3n) is 3.51. The summed E-state index contributed by atoms with van der Waals surface area (Å²) in [6.45, 7) is 4.36. The van der Waals surface area contributed by atoms with Crippen LogP contribution in [0.2, 0.25) is 0 Å². The second-order valence-corrected chi connectivity index (χ2v) is 5.34. The first-order valence-corrected chi connectivity index (χ1v) is 7.61. The minimum atomic E-state index is -0.384. The fourth-order valence-corrected chi connectivity index (χ4v) is 2.47. The van der Waals surface area contributed by atoms with E-state index in [-0.39, 0.29) is 24.3 Å². The summed E-state index contributed by atoms with van der Waals surface area (Å²) < 4.78 is 4.59. The Morgan fingerprint density at radius 2 is 1.84 bits per heavy atom. The van der Waals surface area contributed by atoms with E-state index in [9.17, 15) is 9.59 Å². The van der Waals surface area contributed by atoms with E-state index >= 15 is 0 Å². The lowest BCUT2D eigenvalue weighted by atomic mass is 9.96. The van der Waals surface area contributed by atoms with E-state index in [1.165, 1.54) is 37.7 Å². The van der Waals surface area contributed by atoms with Crippen molar-refractivity contribution in [2.75, 3.05) is 0 Å². The Hall–Kier alpha value is -1.12. The molecular formula is C16H26O3. The number of unbranched alkanes of at least 4 members (excludes halogenated alkanes) is 4. The van der Waals surface area contributed by atoms with Gasteiger partial charge in [-0.3, -0.25) is 9.59 Å². The first-order valence-electron chi connectivity index (χ1n) is 7.61. The van der Waals surface area contributed by atoms with Crippen LogP contribution in [0.5, 0.6) is 0 Å². The zero-order valence-corrected chi connectivity index (χ0v) is 12.2. The number of carbonyl (C=O) groups is 2. The molecule has 19 heavy (non-hydrogen) atoms. The van der Waals surface area contributed by atoms with Crippen LogP contribution in [0.1, 0.15) is 71.6 Å². The van der Waals surface area contributed by atoms with E-state index < -0.39 is 0 Å². The van der Waals surface area contributed by atoms with Gasteiger partial charge in [0.15, 0.2) is 0 Å². The fraction of sp³-hybridized carbons (Fsp3) is 0.750. The monoisotopic (exact) mass is 266 g/mol. The van der Waals surface area contributed by atoms with Crippen LogP contribution in [0.3, 0.4) is 0 Å². The van der Waals surface area contributed by atoms with Gasteiger partial charge < -0.3 is 4.74 Å². The minimum Gasteiger partial charge on any atom is -0.393 e. The molecule has 1 fully saturated rings. The summed E-state index contributed by atoms with van der Waals surface area (Å²) >= 11 is 0. The van der Waals surface area contributed by atoms with Crippen molar-refractivity contribution in [2.45, 2.75) is 71.6 Å². The van der Waals surface area contributed by atoms with Crippen molar-refractivity contribution in [3.63, 3.8) is 0 Å². The Morgan fingerprint density at radius 3 is 2.42 bits per heavy atom. The number of cyclic esters (lactones) is 2. The van der Waals surface area contributed by atoms with Crippen molar-refractivity contribution >= 4 is 11.9 Å². The molecule has 3 heteroatoms. The zero-order chi connectivity index (χ0) is 14.1. The van der Waals surface area contributed by atoms with E-state index in [0.717, 1.165) is 19.3 Å². The molecule has 1 aliphatic rings. The molecule has 1 heterocycles. The summed E-state index contributed by atoms with van der Waals surface area (Å²) in [5, 5.41) is 0. The predicted molar refractivity (Wildman–Crippen MR) is 75.6 cm³/mol. The summed E-state index contributed by atoms with van der Waals surface area (Å²) in [5.74, 6) is -1.08. The minimum absolute atomic E-state index is 0.224. The number of rotatable bonds is 9. The van der Waals surface area contributed by atoms with Crippen LogP contribution < -0.4 is 0 Å². The van der Waals surface area contributed by atoms with Crippen molar-refractivity contribution in [3.05, 3.63) is 11.6 Å². The molecule has 0 radical (unpaired) electrons. The van der Waals surface area contributed by atoms with Gasteiger partial charge in [-0.1, -0.05) is 57.6 Å². The van der Waals surface area contributed by atoms with Gasteiger partial charge in [0.1, 0.15) is 0 Å². The smallest absolute Gasteiger partial charge is 0.321 e. The Bertz CT molecular complexity index is 331. The maximum absolute atomic E-state index is 11.5. The Balaban J connectivity index is 2.42. The Morgan fingerprint density at radius 1 is 1.11 bits per heavy atom. The number of allylic oxidation sites excluding steroid dienone is 1. The first-order chi connectivity index (χ1) is 9.17. The van der Waals surface area contributed by atoms with Crippen molar-refractivity contribution in [3.8, 4) is 0 Å². The van der Waals surface area contributed by atoms with Crippen molar-refractivity contribution in [1.82, 2.24) is 0 Å². The van der Waals surface area contributed by atoms with E-state index in [1.54, 1.807) is 0 Å². The standard InChI is InChI=1S/C16H26O3/c1-3-5-6-7-8-10-13(9-4-2)11-14-12-15(17)19-16(14)18/h11,14H,3-10,12H2,1-2H3. The van der Waals surface area contributed by atoms with Gasteiger partial charge in [0, 0.05) is 0 Å². The average molecular weight is 266 g/mol. The van der Waals surface area contributed by atoms with Crippen molar-refractivity contribution in [1.29, 1.82) is 0 Å². The van der Waals surface area contributed by atoms with Crippen LogP contribution >= 0.6 is 0 Å². The largest absolute Gasteiger partial charge is 0.393 e. The van der Waals surface area contributed by atoms with E-state index in [2.05, 4.69) is 18.6 Å². The molecule has 0 aromatic heterocycles. The van der Waals surface area contributed by atoms with Crippen molar-refractivity contribution in [2.24, 2.45) is 5.92 Å². The number of hydrogen-bond acceptors (Lipinski definition) is 3. The first kappa shape index (κ1) is 15.9. The molecule has 1 rings (SSSR count). The third kappa shape index (κ3) is 6.04. The lowest BCUT2D eigenvalue weighted by Crippen LogP contribution is -2.05. The van der Waals surface area contributed by atoms with Crippen LogP contribution in [-0.2, 0) is 14.3 Å². The molecule has 1 saturated heterocycles. The Kier molecular flexibility index (Phi) is 7.46. The van der Waals surface area contributed by atoms with Gasteiger partial charge in [0.2, 0.25) is 0 Å². The molecule has 0 aliphatic carbocycles. The second kappa shape index (κ2) is 8.89. The van der Waals surface area contributed by atoms with E-state index in [0.29, 0.717) is 0 Å². The lowest BCUT2D eigenvalue weighted by Gasteiger charge is -2.08. The molecule has 0 spiro atoms. The summed E-state index contributed by atoms with van der Waals surface area (Å²) in [4.78, 5) is 22.5. The highest BCUT2D eigenvalue weighted by Crippen LogP contribution is 2.23. The average Bonchev–Trinajstić information content (AvgIpc) is 2.67. The quantitative estimate of drug-likeness (QED) is 0.272. The summed E-state index contributed by atoms with van der Waals surface area (Å²) in [6.07, 6.45) is 11.6. The molecule has 0 amide bonds. The highest BCUT2D eigenvalue weighted by Gasteiger charge is 2.31. The van der Waals surface area contributed by atoms with Crippen molar-refractivity contribution < 1.29 is 14.3 Å². The van der Waals surface area contributed by atoms with Gasteiger partial charge in [-0.05, 0) is 19.3 Å². The number of esters is 2. The summed E-state index contributed by atoms with van der Waals surface area (Å²) in [5.41, 5.74) is 1.32. The van der Waals surface area contributed by atoms with Crippen LogP contribution in [0.25, 0.3) is 0 Å². The van der Waals surface area contributed by atoms with E-state index in [4.69, 9.17) is 0 Å². The third-order valence-corrected chi connectivity index (χ3v) is 3.51. The van der Waals surface area contributed by atoms with Gasteiger partial charge in [-0.2, -0.15) is 0 Å². The normalized spacial score (nSPS) is 19.9. The molecule has 1 atom stereocenters. The molecule has 1 aliphatic heterocycles. The van der Waals surface area contributed by atoms with Crippen LogP contribution in [0.4, 0.5) is 0 Å². The maximum atomic E-state index is 11.5. The zero-order valence-electron chi connectivity index (χ0n) is 12.2. The van der Waals surface area contributed by atoms with Crippen LogP contribution in [0, 0.1) is 5.92 Å². The molecule has 0 saturated carbocycles. The highest BCUT2D eigenvalue weighted by atomic mass is 16.6. The molecular weight excluding hydrogens is 240 g/mol. The topological polar surface area (TPSA) is 43.4 Å². The molecule has 108 valence electrons. The van der Waals surface area contributed by atoms with Gasteiger partial charge in [-0.15, -0.1) is 0 Å². The second-order valence-electron chi connectivity index (χ2n) is 5.34. The summed E-state index contributed by atoms with van der Waals surface area (Å²) in [7, 11) is 0. The van der Waals surface area contributed by atoms with E-state index in [1.807, 2.05) is 6.08 Å². The van der Waals surface area contributed by atoms with Gasteiger partial charge >= 0.3 is 11.9 Å². The number of carbonyl (C=O) groups excluding carboxylic acids is 2. The predicted octanol–water partition coefficient (Wildman–Crippen LogP) is 4.16. The SMILES string of the molecule is CCCCCCCC(=CC1CC(=O)OC1=O)CCC. The highest BCUT2D eigenvalue weighted by molar-refractivity contribution is 5.95. The molecule has 0 bridgehead atoms. The molecule has 0 N–H and O–H groups in total. The number of hydrogen-bond donors (Lipinski definition) is 0. The van der Waals surface area contributed by atoms with Gasteiger partial charge in [-0.25, -0.2) is 0 Å². The van der Waals surface area contributed by atoms with Gasteiger partial charge in [0.05, 0.1) is 12.3 Å². The molecule has 3 nitrogen and oxygen atoms in total. The molecule has 0 aromatic carbocycles. The summed E-state index contributed by atoms with van der Waals surface area (Å²) in [6, 6.07) is 0. The Labute approximate surface area is 116 Å². The van der Waals surface area contributed by atoms with Crippen LogP contribution in [-0.4, -0.2) is 11.9 Å². The van der Waals surface area contributed by atoms with Gasteiger partial charge in [0.25, 0.3) is 0 Å². The fourth-order valence-electron chi connectivity index (χ4n) is 2.47. The lowest BCUT2D eigenvalue weighted by molar-refractivity contribution is -0.152.